The summed E-state index contributed by atoms with van der Waals surface area (Å²) >= 11 is 0. The Hall–Kier alpha value is -0.610. The van der Waals surface area contributed by atoms with Crippen LogP contribution in [0.5, 0.6) is 0 Å². The number of carbonyl (C=O) groups excluding carboxylic acids is 1. The molecule has 1 saturated heterocycles. The topological polar surface area (TPSA) is 55.8 Å². The van der Waals surface area contributed by atoms with Crippen LogP contribution in [0.25, 0.3) is 0 Å². The molecule has 1 aliphatic heterocycles. The zero-order chi connectivity index (χ0) is 12.3. The van der Waals surface area contributed by atoms with Crippen LogP contribution in [0.15, 0.2) is 0 Å². The SMILES string of the molecule is CCOC(=O)C(C)(O)C1CC(C)OC(C)C1. The number of hydrogen-bond donors (Lipinski definition) is 1. The van der Waals surface area contributed by atoms with Crippen LogP contribution in [0.3, 0.4) is 0 Å². The number of ether oxygens (including phenoxy) is 2. The molecule has 16 heavy (non-hydrogen) atoms. The van der Waals surface area contributed by atoms with Gasteiger partial charge in [-0.3, -0.25) is 0 Å². The second-order valence-corrected chi connectivity index (χ2v) is 4.79. The zero-order valence-electron chi connectivity index (χ0n) is 10.5. The molecule has 0 spiro atoms. The van der Waals surface area contributed by atoms with Gasteiger partial charge in [-0.25, -0.2) is 4.79 Å². The molecular weight excluding hydrogens is 208 g/mol. The average molecular weight is 230 g/mol. The predicted octanol–water partition coefficient (Wildman–Crippen LogP) is 1.50. The second kappa shape index (κ2) is 5.15. The fraction of sp³-hybridized carbons (Fsp3) is 0.917. The largest absolute Gasteiger partial charge is 0.464 e. The maximum absolute atomic E-state index is 11.7. The minimum atomic E-state index is -1.40. The Balaban J connectivity index is 2.70. The third-order valence-electron chi connectivity index (χ3n) is 3.18. The first-order chi connectivity index (χ1) is 7.37. The van der Waals surface area contributed by atoms with Crippen LogP contribution in [-0.4, -0.2) is 35.5 Å². The van der Waals surface area contributed by atoms with Crippen LogP contribution in [0, 0.1) is 5.92 Å². The van der Waals surface area contributed by atoms with E-state index in [-0.39, 0.29) is 18.1 Å². The summed E-state index contributed by atoms with van der Waals surface area (Å²) in [5.41, 5.74) is -1.40. The van der Waals surface area contributed by atoms with Crippen molar-refractivity contribution in [1.29, 1.82) is 0 Å². The number of hydrogen-bond acceptors (Lipinski definition) is 4. The van der Waals surface area contributed by atoms with Crippen LogP contribution in [0.4, 0.5) is 0 Å². The smallest absolute Gasteiger partial charge is 0.338 e. The monoisotopic (exact) mass is 230 g/mol. The molecule has 3 atom stereocenters. The molecule has 0 aromatic carbocycles. The van der Waals surface area contributed by atoms with Crippen LogP contribution in [0.2, 0.25) is 0 Å². The molecule has 0 amide bonds. The van der Waals surface area contributed by atoms with Crippen LogP contribution in [0.1, 0.15) is 40.5 Å². The lowest BCUT2D eigenvalue weighted by atomic mass is 9.79. The molecule has 0 radical (unpaired) electrons. The summed E-state index contributed by atoms with van der Waals surface area (Å²) in [5, 5.41) is 10.2. The lowest BCUT2D eigenvalue weighted by Gasteiger charge is -2.38. The molecule has 94 valence electrons. The van der Waals surface area contributed by atoms with Crippen molar-refractivity contribution in [3.63, 3.8) is 0 Å². The molecule has 0 saturated carbocycles. The minimum absolute atomic E-state index is 0.0784. The van der Waals surface area contributed by atoms with Gasteiger partial charge in [-0.2, -0.15) is 0 Å². The van der Waals surface area contributed by atoms with E-state index in [4.69, 9.17) is 9.47 Å². The van der Waals surface area contributed by atoms with Crippen molar-refractivity contribution in [3.8, 4) is 0 Å². The van der Waals surface area contributed by atoms with Crippen molar-refractivity contribution in [2.24, 2.45) is 5.92 Å². The van der Waals surface area contributed by atoms with Gasteiger partial charge in [0.25, 0.3) is 0 Å². The van der Waals surface area contributed by atoms with Crippen molar-refractivity contribution < 1.29 is 19.4 Å². The predicted molar refractivity (Wildman–Crippen MR) is 60.0 cm³/mol. The molecule has 4 heteroatoms. The fourth-order valence-electron chi connectivity index (χ4n) is 2.31. The Morgan fingerprint density at radius 2 is 1.94 bits per heavy atom. The third kappa shape index (κ3) is 2.95. The lowest BCUT2D eigenvalue weighted by Crippen LogP contribution is -2.49. The van der Waals surface area contributed by atoms with Crippen LogP contribution in [-0.2, 0) is 14.3 Å². The van der Waals surface area contributed by atoms with Gasteiger partial charge in [0.15, 0.2) is 5.60 Å². The summed E-state index contributed by atoms with van der Waals surface area (Å²) in [6.07, 6.45) is 1.54. The lowest BCUT2D eigenvalue weighted by molar-refractivity contribution is -0.177. The summed E-state index contributed by atoms with van der Waals surface area (Å²) < 4.78 is 10.5. The van der Waals surface area contributed by atoms with Crippen molar-refractivity contribution in [2.75, 3.05) is 6.61 Å². The van der Waals surface area contributed by atoms with Crippen molar-refractivity contribution in [2.45, 2.75) is 58.3 Å². The van der Waals surface area contributed by atoms with Crippen molar-refractivity contribution in [1.82, 2.24) is 0 Å². The number of aliphatic hydroxyl groups is 1. The normalized spacial score (nSPS) is 34.2. The molecule has 4 nitrogen and oxygen atoms in total. The van der Waals surface area contributed by atoms with E-state index in [0.29, 0.717) is 19.4 Å². The van der Waals surface area contributed by atoms with E-state index in [9.17, 15) is 9.90 Å². The van der Waals surface area contributed by atoms with Gasteiger partial charge in [-0.05, 0) is 40.5 Å². The summed E-state index contributed by atoms with van der Waals surface area (Å²) in [4.78, 5) is 11.7. The van der Waals surface area contributed by atoms with Gasteiger partial charge < -0.3 is 14.6 Å². The van der Waals surface area contributed by atoms with Gasteiger partial charge in [0, 0.05) is 5.92 Å². The van der Waals surface area contributed by atoms with Crippen LogP contribution >= 0.6 is 0 Å². The quantitative estimate of drug-likeness (QED) is 0.747. The highest BCUT2D eigenvalue weighted by molar-refractivity contribution is 5.79. The first-order valence-electron chi connectivity index (χ1n) is 5.93. The summed E-state index contributed by atoms with van der Waals surface area (Å²) in [7, 11) is 0. The van der Waals surface area contributed by atoms with E-state index in [1.54, 1.807) is 13.8 Å². The molecule has 0 bridgehead atoms. The molecule has 0 aromatic heterocycles. The molecule has 1 N–H and O–H groups in total. The highest BCUT2D eigenvalue weighted by Gasteiger charge is 2.43. The molecule has 1 fully saturated rings. The third-order valence-corrected chi connectivity index (χ3v) is 3.18. The van der Waals surface area contributed by atoms with Gasteiger partial charge in [0.05, 0.1) is 18.8 Å². The Morgan fingerprint density at radius 3 is 2.38 bits per heavy atom. The maximum Gasteiger partial charge on any atom is 0.338 e. The average Bonchev–Trinajstić information content (AvgIpc) is 2.16. The number of carbonyl (C=O) groups is 1. The van der Waals surface area contributed by atoms with Gasteiger partial charge in [0.1, 0.15) is 0 Å². The number of esters is 1. The molecule has 1 aliphatic rings. The minimum Gasteiger partial charge on any atom is -0.464 e. The first kappa shape index (κ1) is 13.5. The Morgan fingerprint density at radius 1 is 1.44 bits per heavy atom. The maximum atomic E-state index is 11.7. The van der Waals surface area contributed by atoms with Gasteiger partial charge in [-0.1, -0.05) is 0 Å². The standard InChI is InChI=1S/C12H22O4/c1-5-15-11(13)12(4,14)10-6-8(2)16-9(3)7-10/h8-10,14H,5-7H2,1-4H3. The van der Waals surface area contributed by atoms with Gasteiger partial charge >= 0.3 is 5.97 Å². The van der Waals surface area contributed by atoms with E-state index in [1.807, 2.05) is 13.8 Å². The molecule has 0 aliphatic carbocycles. The molecule has 3 unspecified atom stereocenters. The Labute approximate surface area is 96.9 Å². The first-order valence-corrected chi connectivity index (χ1v) is 5.93. The van der Waals surface area contributed by atoms with Crippen molar-refractivity contribution >= 4 is 5.97 Å². The summed E-state index contributed by atoms with van der Waals surface area (Å²) in [5.74, 6) is -0.619. The van der Waals surface area contributed by atoms with E-state index < -0.39 is 11.6 Å². The Bertz CT molecular complexity index is 239. The zero-order valence-corrected chi connectivity index (χ0v) is 10.5. The van der Waals surface area contributed by atoms with E-state index in [1.165, 1.54) is 0 Å². The molecular formula is C12H22O4. The molecule has 0 aromatic rings. The van der Waals surface area contributed by atoms with E-state index >= 15 is 0 Å². The summed E-state index contributed by atoms with van der Waals surface area (Å²) in [6.45, 7) is 7.50. The number of rotatable bonds is 3. The Kier molecular flexibility index (Phi) is 4.33. The van der Waals surface area contributed by atoms with Crippen LogP contribution < -0.4 is 0 Å². The highest BCUT2D eigenvalue weighted by Crippen LogP contribution is 2.33. The molecule has 1 heterocycles. The van der Waals surface area contributed by atoms with E-state index in [2.05, 4.69) is 0 Å². The molecule has 1 rings (SSSR count). The fourth-order valence-corrected chi connectivity index (χ4v) is 2.31. The second-order valence-electron chi connectivity index (χ2n) is 4.79. The van der Waals surface area contributed by atoms with E-state index in [0.717, 1.165) is 0 Å². The summed E-state index contributed by atoms with van der Waals surface area (Å²) in [6, 6.07) is 0. The van der Waals surface area contributed by atoms with Crippen molar-refractivity contribution in [3.05, 3.63) is 0 Å². The van der Waals surface area contributed by atoms with Gasteiger partial charge in [-0.15, -0.1) is 0 Å². The highest BCUT2D eigenvalue weighted by atomic mass is 16.5. The van der Waals surface area contributed by atoms with Gasteiger partial charge in [0.2, 0.25) is 0 Å².